The molecule has 1 N–H and O–H groups in total. The predicted octanol–water partition coefficient (Wildman–Crippen LogP) is 3.86. The first-order valence-corrected chi connectivity index (χ1v) is 8.13. The molecule has 0 radical (unpaired) electrons. The molecule has 5 atom stereocenters. The molecule has 2 fully saturated rings. The average Bonchev–Trinajstić information content (AvgIpc) is 2.58. The van der Waals surface area contributed by atoms with E-state index < -0.39 is 0 Å². The Hall–Kier alpha value is 0.400. The Bertz CT molecular complexity index is 277. The molecule has 1 heterocycles. The molecule has 3 heteroatoms. The number of allylic oxidation sites excluding steroid dienone is 2. The highest BCUT2D eigenvalue weighted by molar-refractivity contribution is 8.03. The van der Waals surface area contributed by atoms with Crippen molar-refractivity contribution in [1.29, 1.82) is 0 Å². The third kappa shape index (κ3) is 2.80. The Balaban J connectivity index is 1.96. The topological polar surface area (TPSA) is 12.0 Å². The molecule has 16 heavy (non-hydrogen) atoms. The highest BCUT2D eigenvalue weighted by atomic mass is 32.2. The van der Waals surface area contributed by atoms with E-state index in [0.717, 1.165) is 22.5 Å². The van der Waals surface area contributed by atoms with Crippen LogP contribution < -0.4 is 5.32 Å². The second kappa shape index (κ2) is 5.36. The lowest BCUT2D eigenvalue weighted by Crippen LogP contribution is -2.42. The minimum Gasteiger partial charge on any atom is -0.302 e. The van der Waals surface area contributed by atoms with Crippen LogP contribution in [0.15, 0.2) is 11.0 Å². The van der Waals surface area contributed by atoms with E-state index in [4.69, 9.17) is 0 Å². The number of fused-ring (bicyclic) bond motifs is 1. The molecule has 0 bridgehead atoms. The van der Waals surface area contributed by atoms with Crippen LogP contribution in [0.25, 0.3) is 0 Å². The summed E-state index contributed by atoms with van der Waals surface area (Å²) in [6, 6.07) is 0.762. The van der Waals surface area contributed by atoms with Crippen LogP contribution in [0, 0.1) is 5.92 Å². The molecule has 1 nitrogen and oxygen atoms in total. The van der Waals surface area contributed by atoms with E-state index in [0.29, 0.717) is 5.37 Å². The molecule has 1 aliphatic carbocycles. The van der Waals surface area contributed by atoms with Gasteiger partial charge in [0.1, 0.15) is 0 Å². The summed E-state index contributed by atoms with van der Waals surface area (Å²) in [6.45, 7) is 9.11. The molecule has 2 aliphatic rings. The second-order valence-electron chi connectivity index (χ2n) is 5.09. The first-order chi connectivity index (χ1) is 7.60. The van der Waals surface area contributed by atoms with Crippen LogP contribution in [0.2, 0.25) is 0 Å². The van der Waals surface area contributed by atoms with Crippen molar-refractivity contribution in [2.24, 2.45) is 5.92 Å². The molecule has 5 unspecified atom stereocenters. The first kappa shape index (κ1) is 12.8. The van der Waals surface area contributed by atoms with Crippen LogP contribution in [0.1, 0.15) is 40.5 Å². The summed E-state index contributed by atoms with van der Waals surface area (Å²) in [6.07, 6.45) is 4.98. The average molecular weight is 257 g/mol. The van der Waals surface area contributed by atoms with Gasteiger partial charge in [-0.05, 0) is 44.4 Å². The lowest BCUT2D eigenvalue weighted by molar-refractivity contribution is 0.342. The molecule has 0 aromatic carbocycles. The fraction of sp³-hybridized carbons (Fsp3) is 0.846. The van der Waals surface area contributed by atoms with Crippen LogP contribution in [-0.4, -0.2) is 21.9 Å². The Labute approximate surface area is 108 Å². The molecule has 2 rings (SSSR count). The minimum atomic E-state index is 0.661. The SMILES string of the molecule is C/C=C(\C)SC1CC2NC(C)SC2CC1C. The third-order valence-corrected chi connectivity index (χ3v) is 6.73. The van der Waals surface area contributed by atoms with Crippen LogP contribution in [0.5, 0.6) is 0 Å². The van der Waals surface area contributed by atoms with Gasteiger partial charge in [-0.2, -0.15) is 0 Å². The molecule has 0 amide bonds. The van der Waals surface area contributed by atoms with Gasteiger partial charge in [0, 0.05) is 16.5 Å². The zero-order valence-electron chi connectivity index (χ0n) is 10.7. The normalized spacial score (nSPS) is 44.5. The van der Waals surface area contributed by atoms with Crippen molar-refractivity contribution in [2.75, 3.05) is 0 Å². The van der Waals surface area contributed by atoms with Crippen molar-refractivity contribution in [1.82, 2.24) is 5.32 Å². The van der Waals surface area contributed by atoms with Crippen molar-refractivity contribution in [2.45, 2.75) is 62.5 Å². The maximum Gasteiger partial charge on any atom is 0.0509 e. The summed E-state index contributed by atoms with van der Waals surface area (Å²) in [4.78, 5) is 1.48. The smallest absolute Gasteiger partial charge is 0.0509 e. The summed E-state index contributed by atoms with van der Waals surface area (Å²) < 4.78 is 0. The Kier molecular flexibility index (Phi) is 4.31. The maximum atomic E-state index is 3.73. The molecule has 0 aromatic rings. The van der Waals surface area contributed by atoms with E-state index in [1.54, 1.807) is 0 Å². The molecule has 1 aliphatic heterocycles. The Morgan fingerprint density at radius 1 is 1.38 bits per heavy atom. The molecule has 0 aromatic heterocycles. The largest absolute Gasteiger partial charge is 0.302 e. The monoisotopic (exact) mass is 257 g/mol. The molecular formula is C13H23NS2. The Morgan fingerprint density at radius 3 is 2.81 bits per heavy atom. The number of hydrogen-bond donors (Lipinski definition) is 1. The quantitative estimate of drug-likeness (QED) is 0.807. The zero-order valence-corrected chi connectivity index (χ0v) is 12.3. The van der Waals surface area contributed by atoms with Crippen LogP contribution in [-0.2, 0) is 0 Å². The van der Waals surface area contributed by atoms with Gasteiger partial charge in [0.2, 0.25) is 0 Å². The van der Waals surface area contributed by atoms with E-state index in [2.05, 4.69) is 62.6 Å². The van der Waals surface area contributed by atoms with Crippen molar-refractivity contribution in [3.8, 4) is 0 Å². The van der Waals surface area contributed by atoms with Crippen molar-refractivity contribution in [3.63, 3.8) is 0 Å². The zero-order chi connectivity index (χ0) is 11.7. The van der Waals surface area contributed by atoms with E-state index in [-0.39, 0.29) is 0 Å². The van der Waals surface area contributed by atoms with Crippen molar-refractivity contribution >= 4 is 23.5 Å². The minimum absolute atomic E-state index is 0.661. The van der Waals surface area contributed by atoms with Gasteiger partial charge >= 0.3 is 0 Å². The summed E-state index contributed by atoms with van der Waals surface area (Å²) in [5.41, 5.74) is 0. The van der Waals surface area contributed by atoms with Gasteiger partial charge in [0.05, 0.1) is 5.37 Å². The van der Waals surface area contributed by atoms with Gasteiger partial charge in [-0.25, -0.2) is 0 Å². The first-order valence-electron chi connectivity index (χ1n) is 6.31. The van der Waals surface area contributed by atoms with Gasteiger partial charge < -0.3 is 5.32 Å². The van der Waals surface area contributed by atoms with Crippen molar-refractivity contribution in [3.05, 3.63) is 11.0 Å². The van der Waals surface area contributed by atoms with Crippen LogP contribution in [0.3, 0.4) is 0 Å². The summed E-state index contributed by atoms with van der Waals surface area (Å²) in [5, 5.41) is 6.07. The molecule has 92 valence electrons. The standard InChI is InChI=1S/C13H23NS2/c1-5-9(3)15-12-7-11-13(6-8(12)2)16-10(4)14-11/h5,8,10-14H,6-7H2,1-4H3/b9-5+. The van der Waals surface area contributed by atoms with E-state index in [9.17, 15) is 0 Å². The van der Waals surface area contributed by atoms with Gasteiger partial charge in [-0.15, -0.1) is 23.5 Å². The van der Waals surface area contributed by atoms with Gasteiger partial charge in [0.15, 0.2) is 0 Å². The van der Waals surface area contributed by atoms with Gasteiger partial charge in [0.25, 0.3) is 0 Å². The van der Waals surface area contributed by atoms with E-state index in [1.807, 2.05) is 0 Å². The second-order valence-corrected chi connectivity index (χ2v) is 8.16. The number of rotatable bonds is 2. The van der Waals surface area contributed by atoms with E-state index >= 15 is 0 Å². The van der Waals surface area contributed by atoms with Gasteiger partial charge in [-0.3, -0.25) is 0 Å². The summed E-state index contributed by atoms with van der Waals surface area (Å²) >= 11 is 4.24. The molecular weight excluding hydrogens is 234 g/mol. The van der Waals surface area contributed by atoms with Gasteiger partial charge in [-0.1, -0.05) is 13.0 Å². The molecule has 1 saturated carbocycles. The molecule has 1 saturated heterocycles. The Morgan fingerprint density at radius 2 is 2.12 bits per heavy atom. The molecule has 0 spiro atoms. The fourth-order valence-electron chi connectivity index (χ4n) is 2.72. The number of hydrogen-bond acceptors (Lipinski definition) is 3. The predicted molar refractivity (Wildman–Crippen MR) is 77.0 cm³/mol. The van der Waals surface area contributed by atoms with Crippen molar-refractivity contribution < 1.29 is 0 Å². The summed E-state index contributed by atoms with van der Waals surface area (Å²) in [5.74, 6) is 0.862. The lowest BCUT2D eigenvalue weighted by Gasteiger charge is -2.35. The lowest BCUT2D eigenvalue weighted by atomic mass is 9.86. The summed E-state index contributed by atoms with van der Waals surface area (Å²) in [7, 11) is 0. The number of thioether (sulfide) groups is 2. The fourth-order valence-corrected chi connectivity index (χ4v) is 5.55. The van der Waals surface area contributed by atoms with Crippen LogP contribution >= 0.6 is 23.5 Å². The highest BCUT2D eigenvalue weighted by Crippen LogP contribution is 2.44. The van der Waals surface area contributed by atoms with E-state index in [1.165, 1.54) is 17.7 Å². The third-order valence-electron chi connectivity index (χ3n) is 3.75. The highest BCUT2D eigenvalue weighted by Gasteiger charge is 2.40. The van der Waals surface area contributed by atoms with Crippen LogP contribution in [0.4, 0.5) is 0 Å². The maximum absolute atomic E-state index is 3.73. The number of nitrogens with one attached hydrogen (secondary N) is 1.